The van der Waals surface area contributed by atoms with Crippen LogP contribution in [-0.4, -0.2) is 25.9 Å². The first-order valence-electron chi connectivity index (χ1n) is 5.27. The minimum atomic E-state index is -5.05. The van der Waals surface area contributed by atoms with Crippen molar-refractivity contribution in [3.63, 3.8) is 0 Å². The average Bonchev–Trinajstić information content (AvgIpc) is 2.23. The van der Waals surface area contributed by atoms with Gasteiger partial charge >= 0.3 is 15.7 Å². The van der Waals surface area contributed by atoms with Gasteiger partial charge in [0.2, 0.25) is 0 Å². The molecular formula is C10H9NO8S2. The normalized spacial score (nSPS) is 12.7. The number of nitrogens with two attached hydrogens (primary N) is 1. The van der Waals surface area contributed by atoms with Crippen molar-refractivity contribution in [1.29, 1.82) is 0 Å². The fraction of sp³-hybridized carbons (Fsp3) is 0.100. The number of rotatable bonds is 3. The van der Waals surface area contributed by atoms with E-state index in [0.717, 1.165) is 0 Å². The molecule has 2 rings (SSSR count). The molecule has 1 aromatic carbocycles. The van der Waals surface area contributed by atoms with E-state index in [-0.39, 0.29) is 16.7 Å². The SMILES string of the molecule is Nc1ccc2c(CS(=O)(=O)O)c(S(=O)(=O)O)c(=O)oc2c1. The van der Waals surface area contributed by atoms with Crippen LogP contribution in [0.15, 0.2) is 32.3 Å². The molecule has 0 atom stereocenters. The van der Waals surface area contributed by atoms with Crippen LogP contribution in [0.3, 0.4) is 0 Å². The summed E-state index contributed by atoms with van der Waals surface area (Å²) in [7, 11) is -9.72. The first-order valence-corrected chi connectivity index (χ1v) is 8.32. The van der Waals surface area contributed by atoms with E-state index in [9.17, 15) is 21.6 Å². The molecule has 0 saturated carbocycles. The van der Waals surface area contributed by atoms with E-state index in [4.69, 9.17) is 19.3 Å². The molecule has 1 aromatic heterocycles. The number of nitrogen functional groups attached to an aromatic ring is 1. The van der Waals surface area contributed by atoms with Gasteiger partial charge < -0.3 is 10.2 Å². The Morgan fingerprint density at radius 3 is 2.29 bits per heavy atom. The first-order chi connectivity index (χ1) is 9.49. The smallest absolute Gasteiger partial charge is 0.358 e. The van der Waals surface area contributed by atoms with Gasteiger partial charge in [0.05, 0.1) is 0 Å². The van der Waals surface area contributed by atoms with Crippen LogP contribution in [0.1, 0.15) is 5.56 Å². The Balaban J connectivity index is 3.03. The van der Waals surface area contributed by atoms with Crippen molar-refractivity contribution in [3.8, 4) is 0 Å². The molecule has 2 aromatic rings. The summed E-state index contributed by atoms with van der Waals surface area (Å²) < 4.78 is 67.3. The molecule has 1 heterocycles. The molecule has 0 spiro atoms. The standard InChI is InChI=1S/C10H9NO8S2/c11-5-1-2-6-7(4-20(13,14)15)9(21(16,17)18)10(12)19-8(6)3-5/h1-3H,4,11H2,(H,13,14,15)(H,16,17,18). The highest BCUT2D eigenvalue weighted by atomic mass is 32.2. The van der Waals surface area contributed by atoms with Crippen LogP contribution in [0, 0.1) is 0 Å². The predicted molar refractivity (Wildman–Crippen MR) is 72.0 cm³/mol. The Morgan fingerprint density at radius 2 is 1.76 bits per heavy atom. The van der Waals surface area contributed by atoms with Crippen LogP contribution < -0.4 is 11.4 Å². The first kappa shape index (κ1) is 15.4. The third-order valence-corrected chi connectivity index (χ3v) is 4.16. The Kier molecular flexibility index (Phi) is 3.53. The van der Waals surface area contributed by atoms with Gasteiger partial charge in [-0.3, -0.25) is 9.11 Å². The highest BCUT2D eigenvalue weighted by Crippen LogP contribution is 2.26. The van der Waals surface area contributed by atoms with E-state index in [1.807, 2.05) is 0 Å². The third kappa shape index (κ3) is 3.21. The monoisotopic (exact) mass is 335 g/mol. The molecule has 0 radical (unpaired) electrons. The lowest BCUT2D eigenvalue weighted by Crippen LogP contribution is -2.19. The second kappa shape index (κ2) is 4.80. The number of fused-ring (bicyclic) bond motifs is 1. The molecule has 0 fully saturated rings. The molecule has 0 unspecified atom stereocenters. The van der Waals surface area contributed by atoms with E-state index in [0.29, 0.717) is 0 Å². The highest BCUT2D eigenvalue weighted by Gasteiger charge is 2.27. The summed E-state index contributed by atoms with van der Waals surface area (Å²) in [6, 6.07) is 3.70. The molecule has 0 amide bonds. The molecule has 0 aliphatic carbocycles. The number of benzene rings is 1. The second-order valence-corrected chi connectivity index (χ2v) is 6.96. The number of anilines is 1. The minimum Gasteiger partial charge on any atom is -0.422 e. The summed E-state index contributed by atoms with van der Waals surface area (Å²) in [6.07, 6.45) is 0. The van der Waals surface area contributed by atoms with Gasteiger partial charge in [-0.15, -0.1) is 0 Å². The lowest BCUT2D eigenvalue weighted by atomic mass is 10.1. The van der Waals surface area contributed by atoms with Gasteiger partial charge in [-0.1, -0.05) is 0 Å². The van der Waals surface area contributed by atoms with Gasteiger partial charge in [0, 0.05) is 22.7 Å². The molecule has 0 saturated heterocycles. The molecule has 0 bridgehead atoms. The van der Waals surface area contributed by atoms with Gasteiger partial charge in [0.25, 0.3) is 10.1 Å². The van der Waals surface area contributed by atoms with Crippen LogP contribution in [0.5, 0.6) is 0 Å². The molecular weight excluding hydrogens is 326 g/mol. The van der Waals surface area contributed by atoms with Gasteiger partial charge in [-0.05, 0) is 12.1 Å². The van der Waals surface area contributed by atoms with Gasteiger partial charge in [-0.2, -0.15) is 16.8 Å². The maximum atomic E-state index is 11.7. The van der Waals surface area contributed by atoms with Gasteiger partial charge in [0.15, 0.2) is 4.90 Å². The molecule has 4 N–H and O–H groups in total. The number of hydrogen-bond donors (Lipinski definition) is 3. The molecule has 114 valence electrons. The van der Waals surface area contributed by atoms with Gasteiger partial charge in [0.1, 0.15) is 11.3 Å². The van der Waals surface area contributed by atoms with Gasteiger partial charge in [-0.25, -0.2) is 4.79 Å². The van der Waals surface area contributed by atoms with Crippen molar-refractivity contribution in [2.45, 2.75) is 10.6 Å². The summed E-state index contributed by atoms with van der Waals surface area (Å²) in [5, 5.41) is -0.0888. The maximum Gasteiger partial charge on any atom is 0.358 e. The quantitative estimate of drug-likeness (QED) is 0.398. The van der Waals surface area contributed by atoms with Crippen LogP contribution in [-0.2, 0) is 26.0 Å². The lowest BCUT2D eigenvalue weighted by molar-refractivity contribution is 0.467. The summed E-state index contributed by atoms with van der Waals surface area (Å²) in [5.74, 6) is -1.19. The molecule has 0 aliphatic heterocycles. The molecule has 0 aliphatic rings. The van der Waals surface area contributed by atoms with Crippen LogP contribution in [0.4, 0.5) is 5.69 Å². The van der Waals surface area contributed by atoms with Crippen molar-refractivity contribution in [1.82, 2.24) is 0 Å². The zero-order valence-electron chi connectivity index (χ0n) is 10.2. The lowest BCUT2D eigenvalue weighted by Gasteiger charge is -2.08. The second-order valence-electron chi connectivity index (χ2n) is 4.15. The zero-order valence-corrected chi connectivity index (χ0v) is 11.8. The van der Waals surface area contributed by atoms with Crippen LogP contribution >= 0.6 is 0 Å². The summed E-state index contributed by atoms with van der Waals surface area (Å²) >= 11 is 0. The van der Waals surface area contributed by atoms with Crippen molar-refractivity contribution < 1.29 is 30.4 Å². The average molecular weight is 335 g/mol. The van der Waals surface area contributed by atoms with E-state index in [2.05, 4.69) is 0 Å². The Hall–Kier alpha value is -1.95. The number of hydrogen-bond acceptors (Lipinski definition) is 7. The molecule has 21 heavy (non-hydrogen) atoms. The molecule has 11 heteroatoms. The van der Waals surface area contributed by atoms with Crippen molar-refractivity contribution in [3.05, 3.63) is 34.2 Å². The van der Waals surface area contributed by atoms with E-state index < -0.39 is 42.1 Å². The zero-order chi connectivity index (χ0) is 16.0. The topological polar surface area (TPSA) is 165 Å². The summed E-state index contributed by atoms with van der Waals surface area (Å²) in [6.45, 7) is 0. The summed E-state index contributed by atoms with van der Waals surface area (Å²) in [4.78, 5) is 10.4. The van der Waals surface area contributed by atoms with Crippen molar-refractivity contribution in [2.75, 3.05) is 5.73 Å². The maximum absolute atomic E-state index is 11.7. The Bertz CT molecular complexity index is 988. The van der Waals surface area contributed by atoms with Crippen molar-refractivity contribution >= 4 is 36.9 Å². The Labute approximate surface area is 118 Å². The van der Waals surface area contributed by atoms with E-state index in [1.54, 1.807) is 0 Å². The molecule has 9 nitrogen and oxygen atoms in total. The van der Waals surface area contributed by atoms with E-state index >= 15 is 0 Å². The third-order valence-electron chi connectivity index (χ3n) is 2.58. The predicted octanol–water partition coefficient (Wildman–Crippen LogP) is 0.00970. The fourth-order valence-electron chi connectivity index (χ4n) is 1.85. The Morgan fingerprint density at radius 1 is 1.14 bits per heavy atom. The van der Waals surface area contributed by atoms with Crippen molar-refractivity contribution in [2.24, 2.45) is 0 Å². The summed E-state index contributed by atoms with van der Waals surface area (Å²) in [5.41, 5.74) is 3.43. The van der Waals surface area contributed by atoms with E-state index in [1.165, 1.54) is 18.2 Å². The highest BCUT2D eigenvalue weighted by molar-refractivity contribution is 7.86. The van der Waals surface area contributed by atoms with Crippen LogP contribution in [0.25, 0.3) is 11.0 Å². The van der Waals surface area contributed by atoms with Crippen LogP contribution in [0.2, 0.25) is 0 Å². The minimum absolute atomic E-state index is 0.0888. The largest absolute Gasteiger partial charge is 0.422 e. The fourth-order valence-corrected chi connectivity index (χ4v) is 3.35.